The second-order valence-corrected chi connectivity index (χ2v) is 7.03. The molecular formula is C23H35N3O3. The van der Waals surface area contributed by atoms with E-state index in [0.29, 0.717) is 12.7 Å². The quantitative estimate of drug-likeness (QED) is 0.267. The molecule has 1 aliphatic heterocycles. The summed E-state index contributed by atoms with van der Waals surface area (Å²) in [5.41, 5.74) is 1.24. The maximum Gasteiger partial charge on any atom is 0.193 e. The summed E-state index contributed by atoms with van der Waals surface area (Å²) >= 11 is 0. The molecule has 1 N–H and O–H groups in total. The second-order valence-electron chi connectivity index (χ2n) is 7.03. The van der Waals surface area contributed by atoms with Crippen molar-refractivity contribution in [3.8, 4) is 18.1 Å². The number of guanidine groups is 1. The molecule has 0 saturated carbocycles. The third-order valence-electron chi connectivity index (χ3n) is 4.83. The van der Waals surface area contributed by atoms with Gasteiger partial charge in [0.05, 0.1) is 6.10 Å². The van der Waals surface area contributed by atoms with Crippen LogP contribution in [0.3, 0.4) is 0 Å². The molecule has 0 radical (unpaired) electrons. The Kier molecular flexibility index (Phi) is 11.0. The van der Waals surface area contributed by atoms with Crippen LogP contribution >= 0.6 is 0 Å². The minimum absolute atomic E-state index is 0.296. The lowest BCUT2D eigenvalue weighted by atomic mass is 10.1. The molecule has 1 heterocycles. The van der Waals surface area contributed by atoms with Crippen molar-refractivity contribution in [2.24, 2.45) is 4.99 Å². The van der Waals surface area contributed by atoms with Gasteiger partial charge in [-0.05, 0) is 50.3 Å². The minimum Gasteiger partial charge on any atom is -0.481 e. The normalized spacial score (nSPS) is 15.2. The number of benzene rings is 1. The minimum atomic E-state index is 0.296. The fourth-order valence-corrected chi connectivity index (χ4v) is 3.28. The van der Waals surface area contributed by atoms with Crippen molar-refractivity contribution in [2.45, 2.75) is 38.7 Å². The van der Waals surface area contributed by atoms with E-state index in [-0.39, 0.29) is 0 Å². The van der Waals surface area contributed by atoms with Crippen molar-refractivity contribution >= 4 is 5.96 Å². The van der Waals surface area contributed by atoms with Gasteiger partial charge in [0.1, 0.15) is 12.4 Å². The first-order valence-corrected chi connectivity index (χ1v) is 10.6. The number of rotatable bonds is 11. The average Bonchev–Trinajstić information content (AvgIpc) is 2.76. The van der Waals surface area contributed by atoms with Crippen molar-refractivity contribution in [3.05, 3.63) is 29.8 Å². The summed E-state index contributed by atoms with van der Waals surface area (Å²) in [7, 11) is 1.73. The van der Waals surface area contributed by atoms with E-state index in [1.807, 2.05) is 12.1 Å². The molecule has 6 nitrogen and oxygen atoms in total. The van der Waals surface area contributed by atoms with Crippen LogP contribution in [0, 0.1) is 12.3 Å². The topological polar surface area (TPSA) is 55.3 Å². The fraction of sp³-hybridized carbons (Fsp3) is 0.609. The number of nitrogens with zero attached hydrogens (tertiary/aromatic N) is 2. The van der Waals surface area contributed by atoms with E-state index in [0.717, 1.165) is 76.8 Å². The number of hydrogen-bond donors (Lipinski definition) is 1. The smallest absolute Gasteiger partial charge is 0.193 e. The van der Waals surface area contributed by atoms with E-state index in [1.165, 1.54) is 5.56 Å². The highest BCUT2D eigenvalue weighted by Crippen LogP contribution is 2.15. The SMILES string of the molecule is C#CCOc1ccc(CCN=C(NCC)N2CCC(OCCCOC)CC2)cc1. The number of terminal acetylenes is 1. The molecule has 0 aromatic heterocycles. The van der Waals surface area contributed by atoms with Crippen molar-refractivity contribution < 1.29 is 14.2 Å². The summed E-state index contributed by atoms with van der Waals surface area (Å²) in [6, 6.07) is 8.05. The summed E-state index contributed by atoms with van der Waals surface area (Å²) in [6.45, 7) is 7.51. The van der Waals surface area contributed by atoms with Crippen LogP contribution < -0.4 is 10.1 Å². The fourth-order valence-electron chi connectivity index (χ4n) is 3.28. The van der Waals surface area contributed by atoms with Crippen molar-refractivity contribution in [1.29, 1.82) is 0 Å². The molecule has 1 aliphatic rings. The predicted molar refractivity (Wildman–Crippen MR) is 117 cm³/mol. The first-order valence-electron chi connectivity index (χ1n) is 10.6. The molecule has 1 aromatic carbocycles. The maximum absolute atomic E-state index is 5.96. The molecule has 1 aromatic rings. The first-order chi connectivity index (χ1) is 14.3. The van der Waals surface area contributed by atoms with E-state index in [9.17, 15) is 0 Å². The number of piperidine rings is 1. The van der Waals surface area contributed by atoms with E-state index < -0.39 is 0 Å². The monoisotopic (exact) mass is 401 g/mol. The van der Waals surface area contributed by atoms with E-state index >= 15 is 0 Å². The van der Waals surface area contributed by atoms with Crippen LogP contribution in [0.25, 0.3) is 0 Å². The summed E-state index contributed by atoms with van der Waals surface area (Å²) in [5.74, 6) is 4.27. The summed E-state index contributed by atoms with van der Waals surface area (Å²) in [6.07, 6.45) is 9.49. The van der Waals surface area contributed by atoms with Gasteiger partial charge in [0.25, 0.3) is 0 Å². The molecule has 1 saturated heterocycles. The van der Waals surface area contributed by atoms with Gasteiger partial charge < -0.3 is 24.4 Å². The highest BCUT2D eigenvalue weighted by Gasteiger charge is 2.21. The van der Waals surface area contributed by atoms with Gasteiger partial charge in [-0.1, -0.05) is 18.1 Å². The van der Waals surface area contributed by atoms with Gasteiger partial charge in [0.2, 0.25) is 0 Å². The lowest BCUT2D eigenvalue weighted by Crippen LogP contribution is -2.47. The standard InChI is InChI=1S/C23H35N3O3/c1-4-17-28-21-9-7-20(8-10-21)11-14-25-23(24-5-2)26-15-12-22(13-16-26)29-19-6-18-27-3/h1,7-10,22H,5-6,11-19H2,2-3H3,(H,24,25). The first kappa shape index (κ1) is 23.1. The Bertz CT molecular complexity index is 632. The van der Waals surface area contributed by atoms with Gasteiger partial charge in [0, 0.05) is 46.5 Å². The van der Waals surface area contributed by atoms with Crippen molar-refractivity contribution in [1.82, 2.24) is 10.2 Å². The lowest BCUT2D eigenvalue weighted by molar-refractivity contribution is 0.00991. The zero-order chi connectivity index (χ0) is 20.7. The van der Waals surface area contributed by atoms with E-state index in [4.69, 9.17) is 25.6 Å². The summed E-state index contributed by atoms with van der Waals surface area (Å²) in [4.78, 5) is 7.17. The average molecular weight is 402 g/mol. The Morgan fingerprint density at radius 1 is 1.24 bits per heavy atom. The van der Waals surface area contributed by atoms with Gasteiger partial charge in [-0.3, -0.25) is 4.99 Å². The molecule has 0 atom stereocenters. The van der Waals surface area contributed by atoms with Crippen LogP contribution in [-0.2, 0) is 15.9 Å². The number of likely N-dealkylation sites (tertiary alicyclic amines) is 1. The lowest BCUT2D eigenvalue weighted by Gasteiger charge is -2.34. The largest absolute Gasteiger partial charge is 0.481 e. The Morgan fingerprint density at radius 3 is 2.66 bits per heavy atom. The molecular weight excluding hydrogens is 366 g/mol. The van der Waals surface area contributed by atoms with Gasteiger partial charge >= 0.3 is 0 Å². The van der Waals surface area contributed by atoms with Gasteiger partial charge in [-0.15, -0.1) is 6.42 Å². The van der Waals surface area contributed by atoms with E-state index in [2.05, 4.69) is 35.2 Å². The highest BCUT2D eigenvalue weighted by molar-refractivity contribution is 5.80. The van der Waals surface area contributed by atoms with Crippen LogP contribution in [0.5, 0.6) is 5.75 Å². The molecule has 160 valence electrons. The van der Waals surface area contributed by atoms with Crippen LogP contribution in [0.4, 0.5) is 0 Å². The van der Waals surface area contributed by atoms with Crippen LogP contribution in [0.2, 0.25) is 0 Å². The van der Waals surface area contributed by atoms with Crippen LogP contribution in [0.1, 0.15) is 31.7 Å². The van der Waals surface area contributed by atoms with Crippen molar-refractivity contribution in [2.75, 3.05) is 53.1 Å². The summed E-state index contributed by atoms with van der Waals surface area (Å²) < 4.78 is 16.4. The third-order valence-corrected chi connectivity index (χ3v) is 4.83. The predicted octanol–water partition coefficient (Wildman–Crippen LogP) is 2.72. The molecule has 0 bridgehead atoms. The zero-order valence-electron chi connectivity index (χ0n) is 17.9. The van der Waals surface area contributed by atoms with Gasteiger partial charge in [-0.2, -0.15) is 0 Å². The highest BCUT2D eigenvalue weighted by atomic mass is 16.5. The Morgan fingerprint density at radius 2 is 2.00 bits per heavy atom. The molecule has 29 heavy (non-hydrogen) atoms. The molecule has 2 rings (SSSR count). The number of ether oxygens (including phenoxy) is 3. The second kappa shape index (κ2) is 13.9. The van der Waals surface area contributed by atoms with Gasteiger partial charge in [-0.25, -0.2) is 0 Å². The van der Waals surface area contributed by atoms with Crippen molar-refractivity contribution in [3.63, 3.8) is 0 Å². The van der Waals surface area contributed by atoms with Crippen LogP contribution in [0.15, 0.2) is 29.3 Å². The molecule has 6 heteroatoms. The number of aliphatic imine (C=N–C) groups is 1. The van der Waals surface area contributed by atoms with Crippen LogP contribution in [-0.4, -0.2) is 70.1 Å². The van der Waals surface area contributed by atoms with E-state index in [1.54, 1.807) is 7.11 Å². The number of hydrogen-bond acceptors (Lipinski definition) is 4. The van der Waals surface area contributed by atoms with Gasteiger partial charge in [0.15, 0.2) is 5.96 Å². The number of nitrogens with one attached hydrogen (secondary N) is 1. The zero-order valence-corrected chi connectivity index (χ0v) is 17.9. The Balaban J connectivity index is 1.77. The summed E-state index contributed by atoms with van der Waals surface area (Å²) in [5, 5.41) is 3.43. The number of methoxy groups -OCH3 is 1. The third kappa shape index (κ3) is 8.76. The molecule has 0 spiro atoms. The molecule has 0 amide bonds. The molecule has 1 fully saturated rings. The Hall–Kier alpha value is -2.23. The molecule has 0 unspecified atom stereocenters. The Labute approximate surface area is 175 Å². The molecule has 0 aliphatic carbocycles. The maximum atomic E-state index is 5.96.